The summed E-state index contributed by atoms with van der Waals surface area (Å²) in [5.41, 5.74) is 8.28. The Balaban J connectivity index is 0.00000264. The van der Waals surface area contributed by atoms with Crippen LogP contribution >= 0.6 is 35.3 Å². The fraction of sp³-hybridized carbons (Fsp3) is 0.353. The number of para-hydroxylation sites is 1. The van der Waals surface area contributed by atoms with Crippen molar-refractivity contribution in [2.24, 2.45) is 10.7 Å². The second-order valence-electron chi connectivity index (χ2n) is 5.01. The summed E-state index contributed by atoms with van der Waals surface area (Å²) in [4.78, 5) is 6.94. The molecule has 0 saturated heterocycles. The van der Waals surface area contributed by atoms with Gasteiger partial charge in [-0.2, -0.15) is 11.3 Å². The number of nitrogens with two attached hydrogens (primary N) is 1. The number of nitrogens with zero attached hydrogens (tertiary/aromatic N) is 2. The standard InChI is InChI=1S/C17H24N4S.HI/c1-3-21(4-2)16(14-10-11-22-13-14)12-19-17(18)20-15-8-6-5-7-9-15;/h5-11,13,16H,3-4,12H2,1-2H3,(H3,18,19,20);1H. The highest BCUT2D eigenvalue weighted by Gasteiger charge is 2.18. The van der Waals surface area contributed by atoms with Gasteiger partial charge in [0.1, 0.15) is 0 Å². The highest BCUT2D eigenvalue weighted by molar-refractivity contribution is 14.0. The summed E-state index contributed by atoms with van der Waals surface area (Å²) in [6.07, 6.45) is 0. The molecule has 0 radical (unpaired) electrons. The van der Waals surface area contributed by atoms with Crippen LogP contribution in [-0.4, -0.2) is 30.5 Å². The fourth-order valence-corrected chi connectivity index (χ4v) is 3.16. The third kappa shape index (κ3) is 6.12. The Hall–Kier alpha value is -1.12. The molecular formula is C17H25IN4S. The molecule has 1 aromatic heterocycles. The molecule has 1 aromatic carbocycles. The Morgan fingerprint density at radius 1 is 1.22 bits per heavy atom. The molecule has 0 aliphatic heterocycles. The van der Waals surface area contributed by atoms with Crippen LogP contribution in [0.15, 0.2) is 52.2 Å². The minimum atomic E-state index is 0. The quantitative estimate of drug-likeness (QED) is 0.383. The molecule has 0 bridgehead atoms. The van der Waals surface area contributed by atoms with Gasteiger partial charge in [-0.1, -0.05) is 32.0 Å². The molecule has 2 rings (SSSR count). The number of hydrogen-bond acceptors (Lipinski definition) is 3. The fourth-order valence-electron chi connectivity index (χ4n) is 2.45. The second-order valence-corrected chi connectivity index (χ2v) is 5.79. The molecular weight excluding hydrogens is 419 g/mol. The topological polar surface area (TPSA) is 53.6 Å². The van der Waals surface area contributed by atoms with E-state index in [1.165, 1.54) is 5.56 Å². The molecule has 0 fully saturated rings. The maximum absolute atomic E-state index is 6.01. The summed E-state index contributed by atoms with van der Waals surface area (Å²) in [6, 6.07) is 12.3. The number of likely N-dealkylation sites (N-methyl/N-ethyl adjacent to an activating group) is 1. The van der Waals surface area contributed by atoms with E-state index >= 15 is 0 Å². The van der Waals surface area contributed by atoms with Crippen LogP contribution in [0.4, 0.5) is 5.69 Å². The molecule has 0 aliphatic carbocycles. The number of guanidine groups is 1. The number of thiophene rings is 1. The predicted octanol–water partition coefficient (Wildman–Crippen LogP) is 4.18. The van der Waals surface area contributed by atoms with Crippen molar-refractivity contribution >= 4 is 47.0 Å². The molecule has 126 valence electrons. The van der Waals surface area contributed by atoms with Crippen LogP contribution < -0.4 is 11.1 Å². The lowest BCUT2D eigenvalue weighted by molar-refractivity contribution is 0.225. The maximum Gasteiger partial charge on any atom is 0.193 e. The highest BCUT2D eigenvalue weighted by Crippen LogP contribution is 2.23. The summed E-state index contributed by atoms with van der Waals surface area (Å²) >= 11 is 1.72. The molecule has 3 N–H and O–H groups in total. The molecule has 0 amide bonds. The molecule has 2 aromatic rings. The average molecular weight is 444 g/mol. The van der Waals surface area contributed by atoms with Crippen molar-refractivity contribution in [1.82, 2.24) is 4.90 Å². The van der Waals surface area contributed by atoms with Crippen LogP contribution in [0.1, 0.15) is 25.5 Å². The van der Waals surface area contributed by atoms with Gasteiger partial charge in [0.15, 0.2) is 5.96 Å². The lowest BCUT2D eigenvalue weighted by Crippen LogP contribution is -2.31. The van der Waals surface area contributed by atoms with Crippen molar-refractivity contribution < 1.29 is 0 Å². The second kappa shape index (κ2) is 10.6. The number of aliphatic imine (C=N–C) groups is 1. The van der Waals surface area contributed by atoms with E-state index in [0.717, 1.165) is 18.8 Å². The lowest BCUT2D eigenvalue weighted by atomic mass is 10.1. The first kappa shape index (κ1) is 19.9. The Bertz CT molecular complexity index is 568. The monoisotopic (exact) mass is 444 g/mol. The van der Waals surface area contributed by atoms with E-state index in [0.29, 0.717) is 12.5 Å². The van der Waals surface area contributed by atoms with E-state index in [1.54, 1.807) is 11.3 Å². The summed E-state index contributed by atoms with van der Waals surface area (Å²) in [5, 5.41) is 7.44. The summed E-state index contributed by atoms with van der Waals surface area (Å²) < 4.78 is 0. The highest BCUT2D eigenvalue weighted by atomic mass is 127. The van der Waals surface area contributed by atoms with Crippen LogP contribution in [-0.2, 0) is 0 Å². The van der Waals surface area contributed by atoms with Gasteiger partial charge in [0.2, 0.25) is 0 Å². The zero-order chi connectivity index (χ0) is 15.8. The van der Waals surface area contributed by atoms with Gasteiger partial charge in [-0.05, 0) is 47.6 Å². The van der Waals surface area contributed by atoms with Crippen molar-refractivity contribution in [2.45, 2.75) is 19.9 Å². The van der Waals surface area contributed by atoms with Gasteiger partial charge in [-0.25, -0.2) is 0 Å². The van der Waals surface area contributed by atoms with Gasteiger partial charge in [-0.3, -0.25) is 9.89 Å². The van der Waals surface area contributed by atoms with Crippen molar-refractivity contribution in [1.29, 1.82) is 0 Å². The van der Waals surface area contributed by atoms with Crippen LogP contribution in [0, 0.1) is 0 Å². The molecule has 23 heavy (non-hydrogen) atoms. The number of anilines is 1. The van der Waals surface area contributed by atoms with E-state index in [-0.39, 0.29) is 30.0 Å². The molecule has 1 unspecified atom stereocenters. The van der Waals surface area contributed by atoms with E-state index in [9.17, 15) is 0 Å². The number of rotatable bonds is 7. The number of benzene rings is 1. The molecule has 4 nitrogen and oxygen atoms in total. The van der Waals surface area contributed by atoms with Crippen LogP contribution in [0.2, 0.25) is 0 Å². The third-order valence-corrected chi connectivity index (χ3v) is 4.36. The smallest absolute Gasteiger partial charge is 0.193 e. The third-order valence-electron chi connectivity index (χ3n) is 3.66. The molecule has 1 heterocycles. The van der Waals surface area contributed by atoms with E-state index in [2.05, 4.69) is 45.9 Å². The largest absolute Gasteiger partial charge is 0.370 e. The van der Waals surface area contributed by atoms with Crippen molar-refractivity contribution in [3.05, 3.63) is 52.7 Å². The van der Waals surface area contributed by atoms with Gasteiger partial charge in [0.05, 0.1) is 12.6 Å². The predicted molar refractivity (Wildman–Crippen MR) is 112 cm³/mol. The van der Waals surface area contributed by atoms with E-state index < -0.39 is 0 Å². The van der Waals surface area contributed by atoms with Gasteiger partial charge < -0.3 is 11.1 Å². The average Bonchev–Trinajstić information content (AvgIpc) is 3.06. The number of hydrogen-bond donors (Lipinski definition) is 2. The van der Waals surface area contributed by atoms with Crippen LogP contribution in [0.25, 0.3) is 0 Å². The first-order valence-corrected chi connectivity index (χ1v) is 8.57. The Morgan fingerprint density at radius 2 is 1.91 bits per heavy atom. The first-order chi connectivity index (χ1) is 10.7. The van der Waals surface area contributed by atoms with Gasteiger partial charge in [0.25, 0.3) is 0 Å². The molecule has 6 heteroatoms. The Labute approximate surface area is 159 Å². The molecule has 0 spiro atoms. The van der Waals surface area contributed by atoms with Gasteiger partial charge >= 0.3 is 0 Å². The number of halogens is 1. The summed E-state index contributed by atoms with van der Waals surface area (Å²) in [6.45, 7) is 7.01. The molecule has 0 aliphatic rings. The van der Waals surface area contributed by atoms with Crippen LogP contribution in [0.5, 0.6) is 0 Å². The van der Waals surface area contributed by atoms with Crippen molar-refractivity contribution in [3.63, 3.8) is 0 Å². The molecule has 0 saturated carbocycles. The zero-order valence-electron chi connectivity index (χ0n) is 13.6. The van der Waals surface area contributed by atoms with Crippen molar-refractivity contribution in [3.8, 4) is 0 Å². The lowest BCUT2D eigenvalue weighted by Gasteiger charge is -2.28. The zero-order valence-corrected chi connectivity index (χ0v) is 16.8. The minimum absolute atomic E-state index is 0. The Morgan fingerprint density at radius 3 is 2.48 bits per heavy atom. The SMILES string of the molecule is CCN(CC)C(CN=C(N)Nc1ccccc1)c1ccsc1.I. The number of nitrogens with one attached hydrogen (secondary N) is 1. The normalized spacial score (nSPS) is 12.7. The first-order valence-electron chi connectivity index (χ1n) is 7.62. The summed E-state index contributed by atoms with van der Waals surface area (Å²) in [7, 11) is 0. The maximum atomic E-state index is 6.01. The Kier molecular flexibility index (Phi) is 9.20. The molecule has 1 atom stereocenters. The van der Waals surface area contributed by atoms with Crippen LogP contribution in [0.3, 0.4) is 0 Å². The van der Waals surface area contributed by atoms with E-state index in [1.807, 2.05) is 30.3 Å². The van der Waals surface area contributed by atoms with E-state index in [4.69, 9.17) is 5.73 Å². The van der Waals surface area contributed by atoms with Crippen molar-refractivity contribution in [2.75, 3.05) is 25.0 Å². The minimum Gasteiger partial charge on any atom is -0.370 e. The van der Waals surface area contributed by atoms with Gasteiger partial charge in [-0.15, -0.1) is 24.0 Å². The summed E-state index contributed by atoms with van der Waals surface area (Å²) in [5.74, 6) is 0.457. The van der Waals surface area contributed by atoms with Gasteiger partial charge in [0, 0.05) is 5.69 Å².